The third-order valence-electron chi connectivity index (χ3n) is 6.53. The second-order valence-electron chi connectivity index (χ2n) is 9.39. The number of aliphatic hydroxyl groups excluding tert-OH is 1. The molecule has 3 unspecified atom stereocenters. The molecule has 5 rings (SSSR count). The van der Waals surface area contributed by atoms with Crippen LogP contribution in [0.1, 0.15) is 41.1 Å². The molecule has 1 fully saturated rings. The Morgan fingerprint density at radius 1 is 0.795 bits per heavy atom. The zero-order valence-electron chi connectivity index (χ0n) is 21.5. The summed E-state index contributed by atoms with van der Waals surface area (Å²) in [5.41, 5.74) is 4.54. The molecule has 39 heavy (non-hydrogen) atoms. The number of ether oxygens (including phenoxy) is 2. The van der Waals surface area contributed by atoms with E-state index < -0.39 is 6.29 Å². The van der Waals surface area contributed by atoms with E-state index in [0.29, 0.717) is 12.2 Å². The highest BCUT2D eigenvalue weighted by Crippen LogP contribution is 2.39. The minimum Gasteiger partial charge on any atom is -0.392 e. The molecule has 2 amide bonds. The maximum Gasteiger partial charge on any atom is 0.319 e. The van der Waals surface area contributed by atoms with Crippen LogP contribution in [0.15, 0.2) is 114 Å². The van der Waals surface area contributed by atoms with Crippen molar-refractivity contribution in [2.24, 2.45) is 0 Å². The zero-order valence-corrected chi connectivity index (χ0v) is 22.3. The molecule has 0 aliphatic carbocycles. The number of thioether (sulfide) groups is 1. The fraction of sp³-hybridized carbons (Fsp3) is 0.219. The van der Waals surface area contributed by atoms with Gasteiger partial charge in [-0.05, 0) is 41.0 Å². The first-order chi connectivity index (χ1) is 19.2. The highest BCUT2D eigenvalue weighted by Gasteiger charge is 2.32. The van der Waals surface area contributed by atoms with Crippen molar-refractivity contribution in [3.05, 3.63) is 131 Å². The van der Waals surface area contributed by atoms with E-state index in [4.69, 9.17) is 9.47 Å². The van der Waals surface area contributed by atoms with Gasteiger partial charge in [0.1, 0.15) is 0 Å². The minimum absolute atomic E-state index is 0.0124. The summed E-state index contributed by atoms with van der Waals surface area (Å²) in [4.78, 5) is 13.6. The molecule has 6 nitrogen and oxygen atoms in total. The summed E-state index contributed by atoms with van der Waals surface area (Å²) < 4.78 is 12.8. The highest BCUT2D eigenvalue weighted by molar-refractivity contribution is 7.99. The molecule has 0 aromatic heterocycles. The number of benzene rings is 4. The van der Waals surface area contributed by atoms with Gasteiger partial charge in [0.2, 0.25) is 0 Å². The van der Waals surface area contributed by atoms with E-state index >= 15 is 0 Å². The van der Waals surface area contributed by atoms with Gasteiger partial charge in [0.25, 0.3) is 0 Å². The number of carbonyl (C=O) groups excluding carboxylic acids is 1. The first kappa shape index (κ1) is 27.0. The lowest BCUT2D eigenvalue weighted by molar-refractivity contribution is -0.245. The highest BCUT2D eigenvalue weighted by atomic mass is 32.2. The van der Waals surface area contributed by atoms with Gasteiger partial charge in [0.15, 0.2) is 6.29 Å². The van der Waals surface area contributed by atoms with Crippen LogP contribution in [0.3, 0.4) is 0 Å². The molecule has 1 saturated heterocycles. The van der Waals surface area contributed by atoms with Crippen molar-refractivity contribution in [3.8, 4) is 0 Å². The number of carbonyl (C=O) groups is 1. The van der Waals surface area contributed by atoms with E-state index in [0.717, 1.165) is 34.4 Å². The number of anilines is 1. The Morgan fingerprint density at radius 2 is 1.46 bits per heavy atom. The SMILES string of the molecule is O=C(NCc1ccccc1)Nc1ccc(C2OC(CSc3ccccc3)CC(c3ccc(CO)cc3)O2)cc1. The third kappa shape index (κ3) is 7.71. The Morgan fingerprint density at radius 3 is 2.15 bits per heavy atom. The maximum atomic E-state index is 12.4. The van der Waals surface area contributed by atoms with Crippen LogP contribution in [-0.4, -0.2) is 23.0 Å². The molecule has 1 heterocycles. The fourth-order valence-electron chi connectivity index (χ4n) is 4.41. The van der Waals surface area contributed by atoms with E-state index in [9.17, 15) is 9.90 Å². The van der Waals surface area contributed by atoms with Crippen LogP contribution in [0.5, 0.6) is 0 Å². The molecule has 200 valence electrons. The van der Waals surface area contributed by atoms with Crippen LogP contribution in [0, 0.1) is 0 Å². The average molecular weight is 541 g/mol. The molecule has 0 bridgehead atoms. The second kappa shape index (κ2) is 13.4. The smallest absolute Gasteiger partial charge is 0.319 e. The van der Waals surface area contributed by atoms with Gasteiger partial charge < -0.3 is 25.2 Å². The molecular weight excluding hydrogens is 508 g/mol. The predicted octanol–water partition coefficient (Wildman–Crippen LogP) is 6.84. The lowest BCUT2D eigenvalue weighted by Gasteiger charge is -2.36. The zero-order chi connectivity index (χ0) is 26.9. The van der Waals surface area contributed by atoms with Crippen LogP contribution in [0.25, 0.3) is 0 Å². The summed E-state index contributed by atoms with van der Waals surface area (Å²) in [5, 5.41) is 15.2. The summed E-state index contributed by atoms with van der Waals surface area (Å²) in [6, 6.07) is 35.3. The molecule has 1 aliphatic heterocycles. The van der Waals surface area contributed by atoms with E-state index in [1.165, 1.54) is 4.90 Å². The van der Waals surface area contributed by atoms with E-state index in [1.54, 1.807) is 11.8 Å². The van der Waals surface area contributed by atoms with Gasteiger partial charge in [0.05, 0.1) is 18.8 Å². The fourth-order valence-corrected chi connectivity index (χ4v) is 5.35. The van der Waals surface area contributed by atoms with Crippen molar-refractivity contribution in [3.63, 3.8) is 0 Å². The largest absolute Gasteiger partial charge is 0.392 e. The maximum absolute atomic E-state index is 12.4. The van der Waals surface area contributed by atoms with Gasteiger partial charge in [-0.3, -0.25) is 0 Å². The monoisotopic (exact) mass is 540 g/mol. The Hall–Kier alpha value is -3.62. The van der Waals surface area contributed by atoms with Crippen molar-refractivity contribution >= 4 is 23.5 Å². The van der Waals surface area contributed by atoms with Gasteiger partial charge in [-0.2, -0.15) is 0 Å². The quantitative estimate of drug-likeness (QED) is 0.203. The topological polar surface area (TPSA) is 79.8 Å². The van der Waals surface area contributed by atoms with Gasteiger partial charge in [-0.15, -0.1) is 11.8 Å². The predicted molar refractivity (Wildman–Crippen MR) is 154 cm³/mol. The van der Waals surface area contributed by atoms with Crippen LogP contribution in [0.4, 0.5) is 10.5 Å². The van der Waals surface area contributed by atoms with E-state index in [-0.39, 0.29) is 24.8 Å². The van der Waals surface area contributed by atoms with E-state index in [1.807, 2.05) is 97.1 Å². The van der Waals surface area contributed by atoms with Gasteiger partial charge in [0, 0.05) is 34.9 Å². The normalized spacial score (nSPS) is 18.8. The first-order valence-electron chi connectivity index (χ1n) is 13.0. The molecule has 4 aromatic carbocycles. The van der Waals surface area contributed by atoms with Gasteiger partial charge in [-0.25, -0.2) is 4.79 Å². The molecule has 3 atom stereocenters. The Labute approximate surface area is 233 Å². The summed E-state index contributed by atoms with van der Waals surface area (Å²) >= 11 is 1.77. The molecule has 7 heteroatoms. The lowest BCUT2D eigenvalue weighted by atomic mass is 10.0. The summed E-state index contributed by atoms with van der Waals surface area (Å²) in [5.74, 6) is 0.802. The van der Waals surface area contributed by atoms with Crippen molar-refractivity contribution in [1.29, 1.82) is 0 Å². The number of amides is 2. The standard InChI is InChI=1S/C32H32N2O4S/c35-21-24-11-13-25(14-12-24)30-19-28(22-39-29-9-5-2-6-10-29)37-31(38-30)26-15-17-27(18-16-26)34-32(36)33-20-23-7-3-1-4-8-23/h1-18,28,30-31,35H,19-22H2,(H2,33,34,36). The first-order valence-corrected chi connectivity index (χ1v) is 14.0. The molecular formula is C32H32N2O4S. The molecule has 0 radical (unpaired) electrons. The summed E-state index contributed by atoms with van der Waals surface area (Å²) in [7, 11) is 0. The number of hydrogen-bond donors (Lipinski definition) is 3. The average Bonchev–Trinajstić information content (AvgIpc) is 3.00. The van der Waals surface area contributed by atoms with Crippen LogP contribution in [0.2, 0.25) is 0 Å². The van der Waals surface area contributed by atoms with Crippen molar-refractivity contribution in [2.45, 2.75) is 43.0 Å². The Kier molecular flexibility index (Phi) is 9.30. The van der Waals surface area contributed by atoms with Crippen molar-refractivity contribution in [1.82, 2.24) is 5.32 Å². The molecule has 0 spiro atoms. The number of rotatable bonds is 9. The van der Waals surface area contributed by atoms with Gasteiger partial charge >= 0.3 is 6.03 Å². The number of urea groups is 1. The van der Waals surface area contributed by atoms with Crippen molar-refractivity contribution in [2.75, 3.05) is 11.1 Å². The lowest BCUT2D eigenvalue weighted by Crippen LogP contribution is -2.31. The van der Waals surface area contributed by atoms with Gasteiger partial charge in [-0.1, -0.05) is 84.9 Å². The number of nitrogens with one attached hydrogen (secondary N) is 2. The molecule has 3 N–H and O–H groups in total. The third-order valence-corrected chi connectivity index (χ3v) is 7.67. The minimum atomic E-state index is -0.538. The molecule has 4 aromatic rings. The van der Waals surface area contributed by atoms with Crippen LogP contribution >= 0.6 is 11.8 Å². The number of hydrogen-bond acceptors (Lipinski definition) is 5. The summed E-state index contributed by atoms with van der Waals surface area (Å²) in [6.07, 6.45) is 0.0387. The Balaban J connectivity index is 1.24. The van der Waals surface area contributed by atoms with Crippen molar-refractivity contribution < 1.29 is 19.4 Å². The van der Waals surface area contributed by atoms with Crippen LogP contribution in [-0.2, 0) is 22.6 Å². The number of aliphatic hydroxyl groups is 1. The molecule has 0 saturated carbocycles. The Bertz CT molecular complexity index is 1320. The summed E-state index contributed by atoms with van der Waals surface area (Å²) in [6.45, 7) is 0.468. The van der Waals surface area contributed by atoms with E-state index in [2.05, 4.69) is 22.8 Å². The van der Waals surface area contributed by atoms with Crippen LogP contribution < -0.4 is 10.6 Å². The second-order valence-corrected chi connectivity index (χ2v) is 10.5. The molecule has 1 aliphatic rings.